The van der Waals surface area contributed by atoms with Crippen molar-refractivity contribution in [1.82, 2.24) is 9.78 Å². The van der Waals surface area contributed by atoms with E-state index in [-0.39, 0.29) is 11.8 Å². The van der Waals surface area contributed by atoms with Crippen molar-refractivity contribution in [3.63, 3.8) is 0 Å². The van der Waals surface area contributed by atoms with Crippen LogP contribution in [-0.4, -0.2) is 15.7 Å². The first-order chi connectivity index (χ1) is 12.2. The fourth-order valence-corrected chi connectivity index (χ4v) is 3.17. The van der Waals surface area contributed by atoms with Crippen molar-refractivity contribution in [3.8, 4) is 0 Å². The average molecular weight is 331 g/mol. The molecule has 1 heterocycles. The number of nitrogens with one attached hydrogen (secondary N) is 1. The van der Waals surface area contributed by atoms with Gasteiger partial charge in [0.2, 0.25) is 5.91 Å². The summed E-state index contributed by atoms with van der Waals surface area (Å²) in [4.78, 5) is 12.4. The second-order valence-corrected chi connectivity index (χ2v) is 6.73. The predicted octanol–water partition coefficient (Wildman–Crippen LogP) is 3.98. The summed E-state index contributed by atoms with van der Waals surface area (Å²) in [5, 5.41) is 7.41. The summed E-state index contributed by atoms with van der Waals surface area (Å²) in [6, 6.07) is 20.5. The van der Waals surface area contributed by atoms with E-state index in [2.05, 4.69) is 53.7 Å². The Balaban J connectivity index is 1.35. The number of carbonyl (C=O) groups is 1. The van der Waals surface area contributed by atoms with Gasteiger partial charge in [0.25, 0.3) is 0 Å². The van der Waals surface area contributed by atoms with Crippen LogP contribution in [0.3, 0.4) is 0 Å². The lowest BCUT2D eigenvalue weighted by molar-refractivity contribution is -0.117. The molecule has 25 heavy (non-hydrogen) atoms. The van der Waals surface area contributed by atoms with Gasteiger partial charge in [0.15, 0.2) is 5.82 Å². The maximum Gasteiger partial charge on any atom is 0.229 e. The first kappa shape index (κ1) is 15.6. The molecule has 1 saturated carbocycles. The Morgan fingerprint density at radius 3 is 2.64 bits per heavy atom. The van der Waals surface area contributed by atoms with E-state index in [1.54, 1.807) is 0 Å². The molecule has 1 fully saturated rings. The van der Waals surface area contributed by atoms with E-state index in [0.717, 1.165) is 6.42 Å². The normalized spacial score (nSPS) is 18.8. The van der Waals surface area contributed by atoms with Gasteiger partial charge in [-0.15, -0.1) is 0 Å². The number of benzene rings is 2. The number of aryl methyl sites for hydroxylation is 1. The third-order valence-corrected chi connectivity index (χ3v) is 4.71. The molecule has 0 spiro atoms. The van der Waals surface area contributed by atoms with Gasteiger partial charge in [-0.2, -0.15) is 5.10 Å². The van der Waals surface area contributed by atoms with Crippen LogP contribution in [-0.2, 0) is 11.3 Å². The molecule has 4 nitrogen and oxygen atoms in total. The molecule has 4 heteroatoms. The molecule has 0 unspecified atom stereocenters. The number of amides is 1. The first-order valence-corrected chi connectivity index (χ1v) is 8.64. The molecule has 1 aliphatic carbocycles. The van der Waals surface area contributed by atoms with Crippen molar-refractivity contribution in [3.05, 3.63) is 83.6 Å². The van der Waals surface area contributed by atoms with Crippen molar-refractivity contribution in [1.29, 1.82) is 0 Å². The lowest BCUT2D eigenvalue weighted by Gasteiger charge is -2.04. The Labute approximate surface area is 147 Å². The Morgan fingerprint density at radius 2 is 1.88 bits per heavy atom. The number of hydrogen-bond acceptors (Lipinski definition) is 2. The zero-order chi connectivity index (χ0) is 17.2. The molecule has 0 saturated heterocycles. The van der Waals surface area contributed by atoms with Crippen molar-refractivity contribution < 1.29 is 4.79 Å². The van der Waals surface area contributed by atoms with E-state index in [1.165, 1.54) is 16.7 Å². The smallest absolute Gasteiger partial charge is 0.229 e. The Kier molecular flexibility index (Phi) is 4.10. The molecule has 0 bridgehead atoms. The molecule has 1 amide bonds. The predicted molar refractivity (Wildman–Crippen MR) is 98.4 cm³/mol. The van der Waals surface area contributed by atoms with Crippen LogP contribution in [0.1, 0.15) is 29.0 Å². The van der Waals surface area contributed by atoms with Crippen LogP contribution in [0.5, 0.6) is 0 Å². The highest BCUT2D eigenvalue weighted by atomic mass is 16.2. The van der Waals surface area contributed by atoms with E-state index < -0.39 is 0 Å². The topological polar surface area (TPSA) is 46.9 Å². The van der Waals surface area contributed by atoms with Gasteiger partial charge in [-0.05, 0) is 30.4 Å². The SMILES string of the molecule is Cc1ccc(Cn2ccc(NC(=O)[C@@H]3C[C@H]3c3ccccc3)n2)cc1. The molecule has 1 N–H and O–H groups in total. The molecular weight excluding hydrogens is 310 g/mol. The Morgan fingerprint density at radius 1 is 1.12 bits per heavy atom. The lowest BCUT2D eigenvalue weighted by Crippen LogP contribution is -2.15. The number of hydrogen-bond donors (Lipinski definition) is 1. The van der Waals surface area contributed by atoms with Crippen molar-refractivity contribution >= 4 is 11.7 Å². The van der Waals surface area contributed by atoms with Crippen LogP contribution < -0.4 is 5.32 Å². The van der Waals surface area contributed by atoms with Crippen LogP contribution in [0.4, 0.5) is 5.82 Å². The van der Waals surface area contributed by atoms with Crippen LogP contribution in [0.25, 0.3) is 0 Å². The Hall–Kier alpha value is -2.88. The van der Waals surface area contributed by atoms with E-state index in [9.17, 15) is 4.79 Å². The summed E-state index contributed by atoms with van der Waals surface area (Å²) in [7, 11) is 0. The van der Waals surface area contributed by atoms with Gasteiger partial charge in [0.1, 0.15) is 0 Å². The summed E-state index contributed by atoms with van der Waals surface area (Å²) >= 11 is 0. The zero-order valence-corrected chi connectivity index (χ0v) is 14.2. The number of aromatic nitrogens is 2. The summed E-state index contributed by atoms with van der Waals surface area (Å²) in [6.07, 6.45) is 2.82. The first-order valence-electron chi connectivity index (χ1n) is 8.64. The maximum absolute atomic E-state index is 12.4. The highest BCUT2D eigenvalue weighted by molar-refractivity contribution is 5.94. The van der Waals surface area contributed by atoms with Crippen LogP contribution in [0.15, 0.2) is 66.9 Å². The third kappa shape index (κ3) is 3.63. The van der Waals surface area contributed by atoms with Crippen molar-refractivity contribution in [2.75, 3.05) is 5.32 Å². The minimum atomic E-state index is 0.0599. The van der Waals surface area contributed by atoms with E-state index in [1.807, 2.05) is 35.1 Å². The minimum Gasteiger partial charge on any atom is -0.309 e. The summed E-state index contributed by atoms with van der Waals surface area (Å²) in [6.45, 7) is 2.78. The summed E-state index contributed by atoms with van der Waals surface area (Å²) in [5.41, 5.74) is 3.68. The molecular formula is C21H21N3O. The molecule has 0 radical (unpaired) electrons. The maximum atomic E-state index is 12.4. The number of anilines is 1. The van der Waals surface area contributed by atoms with Gasteiger partial charge in [0, 0.05) is 18.2 Å². The van der Waals surface area contributed by atoms with Crippen LogP contribution in [0, 0.1) is 12.8 Å². The molecule has 2 aromatic carbocycles. The molecule has 1 aromatic heterocycles. The largest absolute Gasteiger partial charge is 0.309 e. The van der Waals surface area contributed by atoms with Crippen LogP contribution in [0.2, 0.25) is 0 Å². The molecule has 1 aliphatic rings. The third-order valence-electron chi connectivity index (χ3n) is 4.71. The Bertz CT molecular complexity index is 868. The summed E-state index contributed by atoms with van der Waals surface area (Å²) in [5.74, 6) is 1.09. The highest BCUT2D eigenvalue weighted by Gasteiger charge is 2.43. The van der Waals surface area contributed by atoms with Crippen molar-refractivity contribution in [2.45, 2.75) is 25.8 Å². The van der Waals surface area contributed by atoms with Crippen molar-refractivity contribution in [2.24, 2.45) is 5.92 Å². The minimum absolute atomic E-state index is 0.0599. The van der Waals surface area contributed by atoms with Gasteiger partial charge in [0.05, 0.1) is 6.54 Å². The average Bonchev–Trinajstić information content (AvgIpc) is 3.33. The second kappa shape index (κ2) is 6.55. The standard InChI is InChI=1S/C21H21N3O/c1-15-7-9-16(10-8-15)14-24-12-11-20(23-24)22-21(25)19-13-18(19)17-5-3-2-4-6-17/h2-12,18-19H,13-14H2,1H3,(H,22,23,25)/t18-,19+/m0/s1. The number of rotatable bonds is 5. The monoisotopic (exact) mass is 331 g/mol. The summed E-state index contributed by atoms with van der Waals surface area (Å²) < 4.78 is 1.85. The molecule has 2 atom stereocenters. The highest BCUT2D eigenvalue weighted by Crippen LogP contribution is 2.47. The van der Waals surface area contributed by atoms with Gasteiger partial charge in [-0.1, -0.05) is 60.2 Å². The number of nitrogens with zero attached hydrogens (tertiary/aromatic N) is 2. The lowest BCUT2D eigenvalue weighted by atomic mass is 10.1. The fraction of sp³-hybridized carbons (Fsp3) is 0.238. The van der Waals surface area contributed by atoms with E-state index >= 15 is 0 Å². The molecule has 126 valence electrons. The second-order valence-electron chi connectivity index (χ2n) is 6.73. The van der Waals surface area contributed by atoms with Crippen LogP contribution >= 0.6 is 0 Å². The van der Waals surface area contributed by atoms with E-state index in [0.29, 0.717) is 18.3 Å². The molecule has 4 rings (SSSR count). The fourth-order valence-electron chi connectivity index (χ4n) is 3.17. The van der Waals surface area contributed by atoms with Gasteiger partial charge >= 0.3 is 0 Å². The van der Waals surface area contributed by atoms with Gasteiger partial charge in [-0.25, -0.2) is 0 Å². The molecule has 3 aromatic rings. The zero-order valence-electron chi connectivity index (χ0n) is 14.2. The van der Waals surface area contributed by atoms with Gasteiger partial charge < -0.3 is 5.32 Å². The molecule has 0 aliphatic heterocycles. The van der Waals surface area contributed by atoms with Gasteiger partial charge in [-0.3, -0.25) is 9.48 Å². The quantitative estimate of drug-likeness (QED) is 0.768. The number of carbonyl (C=O) groups excluding carboxylic acids is 1. The van der Waals surface area contributed by atoms with E-state index in [4.69, 9.17) is 0 Å².